The van der Waals surface area contributed by atoms with E-state index in [0.717, 1.165) is 64.2 Å². The first-order valence-corrected chi connectivity index (χ1v) is 24.7. The number of allylic oxidation sites excluding steroid dienone is 2. The van der Waals surface area contributed by atoms with Crippen molar-refractivity contribution in [1.29, 1.82) is 0 Å². The van der Waals surface area contributed by atoms with Gasteiger partial charge in [-0.1, -0.05) is 219 Å². The monoisotopic (exact) mass is 791 g/mol. The molecule has 0 fully saturated rings. The van der Waals surface area contributed by atoms with Crippen LogP contribution in [-0.2, 0) is 28.6 Å². The zero-order valence-electron chi connectivity index (χ0n) is 37.7. The van der Waals surface area contributed by atoms with Crippen molar-refractivity contribution in [2.45, 2.75) is 277 Å². The van der Waals surface area contributed by atoms with E-state index in [1.165, 1.54) is 167 Å². The first-order valence-electron chi connectivity index (χ1n) is 24.7. The van der Waals surface area contributed by atoms with Gasteiger partial charge in [-0.2, -0.15) is 0 Å². The predicted octanol–water partition coefficient (Wildman–Crippen LogP) is 15.8. The standard InChI is InChI=1S/C50H94O6/c1-4-7-10-13-16-19-22-24-26-28-31-34-37-40-43-49(52)55-46-47(45-54-48(51)42-39-36-33-30-27-21-18-15-12-9-6-3)56-50(53)44-41-38-35-32-29-25-23-20-17-14-11-8-5-2/h20,23,47H,4-19,21-22,24-46H2,1-3H3/b23-20-/t47-/m1/s1. The Morgan fingerprint density at radius 1 is 0.339 bits per heavy atom. The van der Waals surface area contributed by atoms with Gasteiger partial charge in [0.2, 0.25) is 0 Å². The highest BCUT2D eigenvalue weighted by Gasteiger charge is 2.19. The topological polar surface area (TPSA) is 78.9 Å². The zero-order valence-corrected chi connectivity index (χ0v) is 37.7. The SMILES string of the molecule is CCCCCC/C=C\CCCCCCCC(=O)O[C@H](COC(=O)CCCCCCCCCCCCC)COC(=O)CCCCCCCCCCCCCCCC. The molecule has 0 radical (unpaired) electrons. The summed E-state index contributed by atoms with van der Waals surface area (Å²) in [7, 11) is 0. The Balaban J connectivity index is 4.33. The molecular formula is C50H94O6. The minimum Gasteiger partial charge on any atom is -0.462 e. The lowest BCUT2D eigenvalue weighted by Crippen LogP contribution is -2.30. The van der Waals surface area contributed by atoms with Crippen LogP contribution in [0.4, 0.5) is 0 Å². The third-order valence-corrected chi connectivity index (χ3v) is 11.0. The van der Waals surface area contributed by atoms with Gasteiger partial charge < -0.3 is 14.2 Å². The molecule has 0 spiro atoms. The third kappa shape index (κ3) is 43.3. The van der Waals surface area contributed by atoms with Crippen molar-refractivity contribution < 1.29 is 28.6 Å². The Morgan fingerprint density at radius 3 is 0.911 bits per heavy atom. The molecule has 0 aliphatic heterocycles. The molecule has 0 aliphatic rings. The van der Waals surface area contributed by atoms with E-state index in [2.05, 4.69) is 32.9 Å². The van der Waals surface area contributed by atoms with Crippen molar-refractivity contribution in [3.63, 3.8) is 0 Å². The van der Waals surface area contributed by atoms with Gasteiger partial charge in [0.25, 0.3) is 0 Å². The number of unbranched alkanes of at least 4 members (excludes halogenated alkanes) is 32. The Bertz CT molecular complexity index is 870. The largest absolute Gasteiger partial charge is 0.462 e. The van der Waals surface area contributed by atoms with Crippen molar-refractivity contribution in [2.75, 3.05) is 13.2 Å². The summed E-state index contributed by atoms with van der Waals surface area (Å²) >= 11 is 0. The van der Waals surface area contributed by atoms with E-state index in [1.54, 1.807) is 0 Å². The smallest absolute Gasteiger partial charge is 0.306 e. The molecule has 330 valence electrons. The summed E-state index contributed by atoms with van der Waals surface area (Å²) in [5.74, 6) is -0.865. The molecule has 0 bridgehead atoms. The fraction of sp³-hybridized carbons (Fsp3) is 0.900. The van der Waals surface area contributed by atoms with Gasteiger partial charge in [-0.3, -0.25) is 14.4 Å². The molecule has 0 N–H and O–H groups in total. The quantitative estimate of drug-likeness (QED) is 0.0264. The molecule has 0 rings (SSSR count). The van der Waals surface area contributed by atoms with Crippen LogP contribution in [0.1, 0.15) is 271 Å². The Morgan fingerprint density at radius 2 is 0.589 bits per heavy atom. The molecule has 0 aromatic carbocycles. The van der Waals surface area contributed by atoms with Crippen LogP contribution in [0.2, 0.25) is 0 Å². The molecule has 0 aliphatic carbocycles. The van der Waals surface area contributed by atoms with E-state index < -0.39 is 6.10 Å². The van der Waals surface area contributed by atoms with Crippen LogP contribution >= 0.6 is 0 Å². The minimum atomic E-state index is -0.766. The number of carbonyl (C=O) groups is 3. The molecule has 0 saturated carbocycles. The summed E-state index contributed by atoms with van der Waals surface area (Å²) in [6.07, 6.45) is 49.0. The van der Waals surface area contributed by atoms with Gasteiger partial charge in [0.1, 0.15) is 13.2 Å². The zero-order chi connectivity index (χ0) is 40.8. The fourth-order valence-corrected chi connectivity index (χ4v) is 7.26. The van der Waals surface area contributed by atoms with Crippen LogP contribution < -0.4 is 0 Å². The maximum absolute atomic E-state index is 12.7. The molecule has 0 heterocycles. The van der Waals surface area contributed by atoms with Gasteiger partial charge in [-0.25, -0.2) is 0 Å². The maximum atomic E-state index is 12.7. The number of ether oxygens (including phenoxy) is 3. The minimum absolute atomic E-state index is 0.0684. The molecule has 1 atom stereocenters. The summed E-state index contributed by atoms with van der Waals surface area (Å²) in [5, 5.41) is 0. The second kappa shape index (κ2) is 45.8. The third-order valence-electron chi connectivity index (χ3n) is 11.0. The summed E-state index contributed by atoms with van der Waals surface area (Å²) in [6.45, 7) is 6.63. The lowest BCUT2D eigenvalue weighted by atomic mass is 10.0. The van der Waals surface area contributed by atoms with E-state index in [-0.39, 0.29) is 31.1 Å². The Labute approximate surface area is 348 Å². The molecule has 0 saturated heterocycles. The van der Waals surface area contributed by atoms with Crippen molar-refractivity contribution in [3.8, 4) is 0 Å². The average Bonchev–Trinajstić information content (AvgIpc) is 3.19. The molecular weight excluding hydrogens is 697 g/mol. The average molecular weight is 791 g/mol. The number of esters is 3. The van der Waals surface area contributed by atoms with E-state index >= 15 is 0 Å². The lowest BCUT2D eigenvalue weighted by molar-refractivity contribution is -0.167. The number of rotatable bonds is 45. The van der Waals surface area contributed by atoms with Crippen molar-refractivity contribution in [3.05, 3.63) is 12.2 Å². The van der Waals surface area contributed by atoms with Crippen LogP contribution in [0, 0.1) is 0 Å². The van der Waals surface area contributed by atoms with Crippen molar-refractivity contribution in [1.82, 2.24) is 0 Å². The number of hydrogen-bond acceptors (Lipinski definition) is 6. The van der Waals surface area contributed by atoms with Gasteiger partial charge >= 0.3 is 17.9 Å². The first-order chi connectivity index (χ1) is 27.5. The molecule has 0 unspecified atom stereocenters. The van der Waals surface area contributed by atoms with Gasteiger partial charge in [0.15, 0.2) is 6.10 Å². The second-order valence-electron chi connectivity index (χ2n) is 16.7. The van der Waals surface area contributed by atoms with E-state index in [4.69, 9.17) is 14.2 Å². The molecule has 0 aromatic rings. The summed E-state index contributed by atoms with van der Waals surface area (Å²) in [6, 6.07) is 0. The summed E-state index contributed by atoms with van der Waals surface area (Å²) in [4.78, 5) is 37.8. The van der Waals surface area contributed by atoms with Crippen LogP contribution in [-0.4, -0.2) is 37.2 Å². The Kier molecular flexibility index (Phi) is 44.3. The summed E-state index contributed by atoms with van der Waals surface area (Å²) in [5.41, 5.74) is 0. The molecule has 56 heavy (non-hydrogen) atoms. The van der Waals surface area contributed by atoms with Gasteiger partial charge in [-0.15, -0.1) is 0 Å². The lowest BCUT2D eigenvalue weighted by Gasteiger charge is -2.18. The van der Waals surface area contributed by atoms with E-state index in [1.807, 2.05) is 0 Å². The summed E-state index contributed by atoms with van der Waals surface area (Å²) < 4.78 is 16.8. The van der Waals surface area contributed by atoms with E-state index in [0.29, 0.717) is 19.3 Å². The molecule has 0 aromatic heterocycles. The fourth-order valence-electron chi connectivity index (χ4n) is 7.26. The highest BCUT2D eigenvalue weighted by molar-refractivity contribution is 5.71. The maximum Gasteiger partial charge on any atom is 0.306 e. The van der Waals surface area contributed by atoms with Crippen molar-refractivity contribution >= 4 is 17.9 Å². The van der Waals surface area contributed by atoms with Crippen LogP contribution in [0.3, 0.4) is 0 Å². The van der Waals surface area contributed by atoms with Crippen molar-refractivity contribution in [2.24, 2.45) is 0 Å². The highest BCUT2D eigenvalue weighted by atomic mass is 16.6. The number of hydrogen-bond donors (Lipinski definition) is 0. The van der Waals surface area contributed by atoms with Crippen LogP contribution in [0.15, 0.2) is 12.2 Å². The first kappa shape index (κ1) is 54.2. The van der Waals surface area contributed by atoms with Crippen LogP contribution in [0.25, 0.3) is 0 Å². The second-order valence-corrected chi connectivity index (χ2v) is 16.7. The number of carbonyl (C=O) groups excluding carboxylic acids is 3. The van der Waals surface area contributed by atoms with E-state index in [9.17, 15) is 14.4 Å². The highest BCUT2D eigenvalue weighted by Crippen LogP contribution is 2.16. The Hall–Kier alpha value is -1.85. The normalized spacial score (nSPS) is 12.0. The van der Waals surface area contributed by atoms with Gasteiger partial charge in [0, 0.05) is 19.3 Å². The van der Waals surface area contributed by atoms with Gasteiger partial charge in [0.05, 0.1) is 0 Å². The predicted molar refractivity (Wildman–Crippen MR) is 238 cm³/mol. The van der Waals surface area contributed by atoms with Crippen LogP contribution in [0.5, 0.6) is 0 Å². The molecule has 6 heteroatoms. The van der Waals surface area contributed by atoms with Gasteiger partial charge in [-0.05, 0) is 44.9 Å². The molecule has 0 amide bonds. The molecule has 6 nitrogen and oxygen atoms in total.